The molecule has 0 bridgehead atoms. The van der Waals surface area contributed by atoms with Crippen molar-refractivity contribution in [3.05, 3.63) is 118 Å². The van der Waals surface area contributed by atoms with E-state index in [4.69, 9.17) is 0 Å². The van der Waals surface area contributed by atoms with Crippen LogP contribution in [-0.4, -0.2) is 12.4 Å². The van der Waals surface area contributed by atoms with Gasteiger partial charge in [-0.2, -0.15) is 0 Å². The van der Waals surface area contributed by atoms with Crippen LogP contribution in [0.5, 0.6) is 11.5 Å². The maximum Gasteiger partial charge on any atom is 2.00 e. The molecule has 5 heteroatoms. The van der Waals surface area contributed by atoms with Gasteiger partial charge in [0.25, 0.3) is 0 Å². The minimum atomic E-state index is 0. The first kappa shape index (κ1) is 35.5. The predicted molar refractivity (Wildman–Crippen MR) is 176 cm³/mol. The van der Waals surface area contributed by atoms with E-state index >= 15 is 0 Å². The molecular weight excluding hydrogens is 575 g/mol. The summed E-state index contributed by atoms with van der Waals surface area (Å²) >= 11 is 0. The molecule has 0 unspecified atom stereocenters. The zero-order chi connectivity index (χ0) is 30.8. The number of hydrogen-bond acceptors (Lipinski definition) is 4. The van der Waals surface area contributed by atoms with Crippen LogP contribution < -0.4 is 10.2 Å². The second-order valence-electron chi connectivity index (χ2n) is 11.8. The molecule has 4 nitrogen and oxygen atoms in total. The van der Waals surface area contributed by atoms with Gasteiger partial charge in [-0.25, -0.2) is 0 Å². The fourth-order valence-corrected chi connectivity index (χ4v) is 4.76. The van der Waals surface area contributed by atoms with Crippen LogP contribution in [0.25, 0.3) is 0 Å². The minimum Gasteiger partial charge on any atom is -0.872 e. The average molecular weight is 619 g/mol. The molecule has 0 heterocycles. The topological polar surface area (TPSA) is 70.8 Å². The molecule has 0 N–H and O–H groups in total. The molecule has 0 amide bonds. The summed E-state index contributed by atoms with van der Waals surface area (Å²) in [6, 6.07) is 26.6. The number of nitrogens with zero attached hydrogens (tertiary/aromatic N) is 2. The van der Waals surface area contributed by atoms with Crippen molar-refractivity contribution in [3.8, 4) is 11.5 Å². The van der Waals surface area contributed by atoms with Gasteiger partial charge < -0.3 is 10.2 Å². The van der Waals surface area contributed by atoms with Crippen LogP contribution in [0.1, 0.15) is 112 Å². The Bertz CT molecular complexity index is 1350. The van der Waals surface area contributed by atoms with Crippen molar-refractivity contribution in [1.82, 2.24) is 0 Å². The monoisotopic (exact) mass is 618 g/mol. The Kier molecular flexibility index (Phi) is 13.9. The van der Waals surface area contributed by atoms with E-state index in [2.05, 4.69) is 102 Å². The van der Waals surface area contributed by atoms with Crippen molar-refractivity contribution < 1.29 is 26.7 Å². The summed E-state index contributed by atoms with van der Waals surface area (Å²) in [6.07, 6.45) is 3.38. The largest absolute Gasteiger partial charge is 2.00 e. The molecule has 0 aliphatic carbocycles. The molecule has 4 aromatic rings. The van der Waals surface area contributed by atoms with Crippen LogP contribution in [0.3, 0.4) is 0 Å². The number of rotatable bonds is 8. The van der Waals surface area contributed by atoms with E-state index in [-0.39, 0.29) is 28.0 Å². The second kappa shape index (κ2) is 16.8. The third-order valence-electron chi connectivity index (χ3n) is 7.19. The molecule has 4 rings (SSSR count). The van der Waals surface area contributed by atoms with Crippen molar-refractivity contribution in [2.45, 2.75) is 79.1 Å². The van der Waals surface area contributed by atoms with Crippen LogP contribution in [0.15, 0.2) is 94.9 Å². The van der Waals surface area contributed by atoms with E-state index in [9.17, 15) is 10.2 Å². The van der Waals surface area contributed by atoms with E-state index in [0.29, 0.717) is 34.8 Å². The van der Waals surface area contributed by atoms with Gasteiger partial charge in [-0.05, 0) is 57.1 Å². The number of hydrogen-bond donors (Lipinski definition) is 0. The predicted octanol–water partition coefficient (Wildman–Crippen LogP) is 9.51. The van der Waals surface area contributed by atoms with Crippen LogP contribution in [0.2, 0.25) is 0 Å². The summed E-state index contributed by atoms with van der Waals surface area (Å²) in [4.78, 5) is 9.31. The summed E-state index contributed by atoms with van der Waals surface area (Å²) in [5.74, 6) is 1.62. The Labute approximate surface area is 268 Å². The van der Waals surface area contributed by atoms with Crippen molar-refractivity contribution >= 4 is 23.8 Å². The Morgan fingerprint density at radius 3 is 0.977 bits per heavy atom. The van der Waals surface area contributed by atoms with Crippen LogP contribution in [0.4, 0.5) is 11.4 Å². The first-order valence-electron chi connectivity index (χ1n) is 14.9. The first-order chi connectivity index (χ1) is 20.0. The molecule has 0 aliphatic heterocycles. The Morgan fingerprint density at radius 1 is 0.442 bits per heavy atom. The van der Waals surface area contributed by atoms with Crippen molar-refractivity contribution in [2.24, 2.45) is 9.98 Å². The third kappa shape index (κ3) is 9.66. The van der Waals surface area contributed by atoms with Gasteiger partial charge in [0.1, 0.15) is 0 Å². The van der Waals surface area contributed by atoms with E-state index in [0.717, 1.165) is 11.4 Å². The molecule has 0 spiro atoms. The summed E-state index contributed by atoms with van der Waals surface area (Å²) in [5.41, 5.74) is 8.16. The Balaban J connectivity index is 0.000000293. The molecule has 0 aromatic heterocycles. The average Bonchev–Trinajstić information content (AvgIpc) is 2.96. The fraction of sp³-hybridized carbons (Fsp3) is 0.316. The summed E-state index contributed by atoms with van der Waals surface area (Å²) in [5, 5.41) is 23.6. The SMILES string of the molecule is CC(C)c1cccc(C(C)C)c1N=Cc1ccccc1[O-].CC(C)c1cccc(C(C)C)c1N=Cc1ccccc1[O-].[Ni+2]. The molecule has 0 aliphatic rings. The van der Waals surface area contributed by atoms with Crippen LogP contribution >= 0.6 is 0 Å². The van der Waals surface area contributed by atoms with Gasteiger partial charge in [-0.3, -0.25) is 9.98 Å². The maximum atomic E-state index is 11.8. The Hall–Kier alpha value is -3.69. The van der Waals surface area contributed by atoms with Gasteiger partial charge in [-0.1, -0.05) is 140 Å². The summed E-state index contributed by atoms with van der Waals surface area (Å²) in [7, 11) is 0. The number of aliphatic imine (C=N–C) groups is 2. The molecule has 0 saturated heterocycles. The zero-order valence-electron chi connectivity index (χ0n) is 26.6. The van der Waals surface area contributed by atoms with Gasteiger partial charge in [0.05, 0.1) is 11.4 Å². The molecule has 0 fully saturated rings. The minimum absolute atomic E-state index is 0. The van der Waals surface area contributed by atoms with Crippen LogP contribution in [0, 0.1) is 0 Å². The number of para-hydroxylation sites is 4. The zero-order valence-corrected chi connectivity index (χ0v) is 27.6. The molecular formula is C38H44N2NiO2. The van der Waals surface area contributed by atoms with Crippen molar-refractivity contribution in [3.63, 3.8) is 0 Å². The van der Waals surface area contributed by atoms with Crippen LogP contribution in [-0.2, 0) is 16.5 Å². The summed E-state index contributed by atoms with van der Waals surface area (Å²) < 4.78 is 0. The second-order valence-corrected chi connectivity index (χ2v) is 11.8. The quantitative estimate of drug-likeness (QED) is 0.146. The van der Waals surface area contributed by atoms with Gasteiger partial charge in [0, 0.05) is 12.4 Å². The molecule has 0 atom stereocenters. The maximum absolute atomic E-state index is 11.8. The molecule has 228 valence electrons. The molecule has 0 saturated carbocycles. The standard InChI is InChI=1S/2C19H23NO.Ni/c2*1-13(2)16-9-7-10-17(14(3)4)19(16)20-12-15-8-5-6-11-18(15)21;/h2*5-14,21H,1-4H3;/q;;+2/p-2. The fourth-order valence-electron chi connectivity index (χ4n) is 4.76. The van der Waals surface area contributed by atoms with Gasteiger partial charge in [0.15, 0.2) is 0 Å². The van der Waals surface area contributed by atoms with Gasteiger partial charge >= 0.3 is 16.5 Å². The van der Waals surface area contributed by atoms with E-state index in [1.54, 1.807) is 48.8 Å². The van der Waals surface area contributed by atoms with E-state index in [1.807, 2.05) is 12.1 Å². The van der Waals surface area contributed by atoms with E-state index in [1.165, 1.54) is 22.3 Å². The molecule has 43 heavy (non-hydrogen) atoms. The smallest absolute Gasteiger partial charge is 0.872 e. The van der Waals surface area contributed by atoms with Crippen molar-refractivity contribution in [2.75, 3.05) is 0 Å². The summed E-state index contributed by atoms with van der Waals surface area (Å²) in [6.45, 7) is 17.3. The third-order valence-corrected chi connectivity index (χ3v) is 7.19. The van der Waals surface area contributed by atoms with Gasteiger partial charge in [-0.15, -0.1) is 11.5 Å². The van der Waals surface area contributed by atoms with Crippen molar-refractivity contribution in [1.29, 1.82) is 0 Å². The normalized spacial score (nSPS) is 11.4. The number of benzene rings is 4. The Morgan fingerprint density at radius 2 is 0.721 bits per heavy atom. The van der Waals surface area contributed by atoms with Gasteiger partial charge in [0.2, 0.25) is 0 Å². The molecule has 4 aromatic carbocycles. The first-order valence-corrected chi connectivity index (χ1v) is 14.9. The van der Waals surface area contributed by atoms with E-state index < -0.39 is 0 Å². The molecule has 0 radical (unpaired) electrons.